The lowest BCUT2D eigenvalue weighted by Crippen LogP contribution is -2.20. The van der Waals surface area contributed by atoms with E-state index >= 15 is 0 Å². The van der Waals surface area contributed by atoms with Crippen LogP contribution >= 0.6 is 0 Å². The Morgan fingerprint density at radius 2 is 2.50 bits per heavy atom. The summed E-state index contributed by atoms with van der Waals surface area (Å²) in [5, 5.41) is 0. The molecule has 0 radical (unpaired) electrons. The molecule has 1 atom stereocenters. The van der Waals surface area contributed by atoms with Gasteiger partial charge in [0.1, 0.15) is 0 Å². The molecule has 0 bridgehead atoms. The molecule has 2 N–H and O–H groups in total. The van der Waals surface area contributed by atoms with Gasteiger partial charge in [0.25, 0.3) is 0 Å². The Kier molecular flexibility index (Phi) is 2.54. The molecule has 0 saturated carbocycles. The summed E-state index contributed by atoms with van der Waals surface area (Å²) < 4.78 is 4.95. The average molecular weight is 194 g/mol. The van der Waals surface area contributed by atoms with E-state index in [2.05, 4.69) is 10.9 Å². The van der Waals surface area contributed by atoms with Gasteiger partial charge in [-0.2, -0.15) is 0 Å². The Labute approximate surface area is 83.0 Å². The number of hydrazine groups is 1. The van der Waals surface area contributed by atoms with Gasteiger partial charge in [-0.15, -0.1) is 0 Å². The van der Waals surface area contributed by atoms with Crippen LogP contribution in [0.3, 0.4) is 0 Å². The molecule has 0 aromatic rings. The van der Waals surface area contributed by atoms with Crippen molar-refractivity contribution in [1.82, 2.24) is 10.9 Å². The maximum atomic E-state index is 11.4. The number of nitrogens with one attached hydrogen (secondary N) is 2. The Morgan fingerprint density at radius 1 is 1.64 bits per heavy atom. The molecule has 1 aliphatic heterocycles. The Bertz CT molecular complexity index is 307. The highest BCUT2D eigenvalue weighted by Crippen LogP contribution is 2.25. The summed E-state index contributed by atoms with van der Waals surface area (Å²) in [4.78, 5) is 11.4. The summed E-state index contributed by atoms with van der Waals surface area (Å²) in [5.41, 5.74) is 8.05. The Morgan fingerprint density at radius 3 is 3.29 bits per heavy atom. The van der Waals surface area contributed by atoms with Crippen LogP contribution in [0.1, 0.15) is 13.3 Å². The van der Waals surface area contributed by atoms with Gasteiger partial charge in [0, 0.05) is 23.7 Å². The van der Waals surface area contributed by atoms with Gasteiger partial charge < -0.3 is 10.2 Å². The van der Waals surface area contributed by atoms with E-state index in [1.165, 1.54) is 0 Å². The van der Waals surface area contributed by atoms with Crippen molar-refractivity contribution >= 4 is 5.97 Å². The smallest absolute Gasteiger partial charge is 0.334 e. The molecule has 0 aromatic carbocycles. The molecule has 76 valence electrons. The molecule has 4 heteroatoms. The van der Waals surface area contributed by atoms with Gasteiger partial charge in [-0.3, -0.25) is 0 Å². The first-order valence-electron chi connectivity index (χ1n) is 4.88. The second kappa shape index (κ2) is 3.84. The molecule has 0 aromatic heterocycles. The topological polar surface area (TPSA) is 50.4 Å². The molecule has 1 unspecified atom stereocenters. The van der Waals surface area contributed by atoms with Crippen LogP contribution in [0.25, 0.3) is 0 Å². The summed E-state index contributed by atoms with van der Waals surface area (Å²) in [6.45, 7) is 3.14. The third-order valence-corrected chi connectivity index (χ3v) is 2.49. The molecule has 1 aliphatic carbocycles. The Hall–Kier alpha value is -1.29. The highest BCUT2D eigenvalue weighted by Gasteiger charge is 2.26. The fourth-order valence-electron chi connectivity index (χ4n) is 1.75. The lowest BCUT2D eigenvalue weighted by atomic mass is 9.92. The van der Waals surface area contributed by atoms with Crippen molar-refractivity contribution < 1.29 is 9.53 Å². The van der Waals surface area contributed by atoms with Gasteiger partial charge >= 0.3 is 5.97 Å². The van der Waals surface area contributed by atoms with Crippen molar-refractivity contribution in [2.24, 2.45) is 5.92 Å². The van der Waals surface area contributed by atoms with E-state index in [4.69, 9.17) is 4.74 Å². The monoisotopic (exact) mass is 194 g/mol. The molecular weight excluding hydrogens is 180 g/mol. The maximum absolute atomic E-state index is 11.4. The predicted molar refractivity (Wildman–Crippen MR) is 52.0 cm³/mol. The first-order valence-corrected chi connectivity index (χ1v) is 4.88. The number of esters is 1. The van der Waals surface area contributed by atoms with Crippen LogP contribution < -0.4 is 10.9 Å². The van der Waals surface area contributed by atoms with E-state index in [1.54, 1.807) is 0 Å². The molecule has 0 amide bonds. The fraction of sp³-hybridized carbons (Fsp3) is 0.500. The zero-order valence-electron chi connectivity index (χ0n) is 8.17. The van der Waals surface area contributed by atoms with Crippen LogP contribution in [0.15, 0.2) is 23.4 Å². The van der Waals surface area contributed by atoms with E-state index in [-0.39, 0.29) is 5.97 Å². The fourth-order valence-corrected chi connectivity index (χ4v) is 1.75. The third kappa shape index (κ3) is 1.65. The molecule has 2 rings (SSSR count). The van der Waals surface area contributed by atoms with E-state index < -0.39 is 0 Å². The first-order chi connectivity index (χ1) is 6.81. The predicted octanol–water partition coefficient (Wildman–Crippen LogP) is 0.487. The van der Waals surface area contributed by atoms with Crippen molar-refractivity contribution in [3.05, 3.63) is 23.4 Å². The lowest BCUT2D eigenvalue weighted by Gasteiger charge is -2.15. The van der Waals surface area contributed by atoms with E-state index in [1.807, 2.05) is 19.1 Å². The zero-order chi connectivity index (χ0) is 9.97. The standard InChI is InChI=1S/C10H14N2O2/c1-2-14-10(13)7-3-4-9-8(5-7)6-11-12-9/h3-4,8,11-12H,2,5-6H2,1H3. The number of carbonyl (C=O) groups is 1. The maximum Gasteiger partial charge on any atom is 0.334 e. The van der Waals surface area contributed by atoms with Gasteiger partial charge in [-0.1, -0.05) is 0 Å². The van der Waals surface area contributed by atoms with Crippen molar-refractivity contribution in [1.29, 1.82) is 0 Å². The number of fused-ring (bicyclic) bond motifs is 1. The van der Waals surface area contributed by atoms with E-state index in [9.17, 15) is 4.79 Å². The summed E-state index contributed by atoms with van der Waals surface area (Å²) >= 11 is 0. The van der Waals surface area contributed by atoms with Gasteiger partial charge in [-0.25, -0.2) is 10.2 Å². The molecule has 1 saturated heterocycles. The average Bonchev–Trinajstić information content (AvgIpc) is 2.64. The minimum atomic E-state index is -0.185. The molecule has 1 fully saturated rings. The van der Waals surface area contributed by atoms with Gasteiger partial charge in [0.2, 0.25) is 0 Å². The minimum Gasteiger partial charge on any atom is -0.463 e. The summed E-state index contributed by atoms with van der Waals surface area (Å²) in [5.74, 6) is 0.217. The molecule has 4 nitrogen and oxygen atoms in total. The van der Waals surface area contributed by atoms with Gasteiger partial charge in [0.15, 0.2) is 0 Å². The highest BCUT2D eigenvalue weighted by atomic mass is 16.5. The van der Waals surface area contributed by atoms with Crippen LogP contribution in [-0.4, -0.2) is 19.1 Å². The van der Waals surface area contributed by atoms with Crippen LogP contribution in [-0.2, 0) is 9.53 Å². The number of rotatable bonds is 2. The molecular formula is C10H14N2O2. The highest BCUT2D eigenvalue weighted by molar-refractivity contribution is 5.89. The third-order valence-electron chi connectivity index (χ3n) is 2.49. The number of ether oxygens (including phenoxy) is 1. The summed E-state index contributed by atoms with van der Waals surface area (Å²) in [6, 6.07) is 0. The van der Waals surface area contributed by atoms with Crippen molar-refractivity contribution in [3.63, 3.8) is 0 Å². The largest absolute Gasteiger partial charge is 0.463 e. The first kappa shape index (κ1) is 9.27. The SMILES string of the molecule is CCOC(=O)C1=CC=C2NNCC2C1. The van der Waals surface area contributed by atoms with Gasteiger partial charge in [0.05, 0.1) is 6.61 Å². The zero-order valence-corrected chi connectivity index (χ0v) is 8.17. The van der Waals surface area contributed by atoms with E-state index in [0.29, 0.717) is 12.5 Å². The van der Waals surface area contributed by atoms with Crippen LogP contribution in [0.4, 0.5) is 0 Å². The minimum absolute atomic E-state index is 0.185. The summed E-state index contributed by atoms with van der Waals surface area (Å²) in [7, 11) is 0. The molecule has 2 aliphatic rings. The van der Waals surface area contributed by atoms with Crippen molar-refractivity contribution in [2.75, 3.05) is 13.2 Å². The van der Waals surface area contributed by atoms with Crippen molar-refractivity contribution in [3.8, 4) is 0 Å². The Balaban J connectivity index is 2.06. The normalized spacial score (nSPS) is 24.5. The lowest BCUT2D eigenvalue weighted by molar-refractivity contribution is -0.138. The van der Waals surface area contributed by atoms with Crippen LogP contribution in [0, 0.1) is 5.92 Å². The van der Waals surface area contributed by atoms with Crippen molar-refractivity contribution in [2.45, 2.75) is 13.3 Å². The molecule has 0 spiro atoms. The van der Waals surface area contributed by atoms with Gasteiger partial charge in [-0.05, 0) is 25.5 Å². The van der Waals surface area contributed by atoms with E-state index in [0.717, 1.165) is 24.2 Å². The summed E-state index contributed by atoms with van der Waals surface area (Å²) in [6.07, 6.45) is 4.55. The second-order valence-corrected chi connectivity index (χ2v) is 3.44. The molecule has 1 heterocycles. The number of hydrogen-bond donors (Lipinski definition) is 2. The van der Waals surface area contributed by atoms with Crippen LogP contribution in [0.2, 0.25) is 0 Å². The second-order valence-electron chi connectivity index (χ2n) is 3.44. The number of carbonyl (C=O) groups excluding carboxylic acids is 1. The number of hydrogen-bond acceptors (Lipinski definition) is 4. The quantitative estimate of drug-likeness (QED) is 0.628. The molecule has 14 heavy (non-hydrogen) atoms. The number of allylic oxidation sites excluding steroid dienone is 2. The van der Waals surface area contributed by atoms with Crippen LogP contribution in [0.5, 0.6) is 0 Å².